The van der Waals surface area contributed by atoms with Crippen LogP contribution in [0, 0.1) is 6.92 Å². The molecule has 0 aliphatic carbocycles. The summed E-state index contributed by atoms with van der Waals surface area (Å²) in [6.07, 6.45) is 3.26. The molecule has 4 rings (SSSR count). The minimum Gasteiger partial charge on any atom is -0.360 e. The van der Waals surface area contributed by atoms with Crippen molar-refractivity contribution in [2.45, 2.75) is 13.5 Å². The van der Waals surface area contributed by atoms with Crippen LogP contribution in [0.5, 0.6) is 0 Å². The Hall–Kier alpha value is -2.80. The topological polar surface area (TPSA) is 73.0 Å². The zero-order valence-corrected chi connectivity index (χ0v) is 18.0. The Kier molecular flexibility index (Phi) is 5.81. The van der Waals surface area contributed by atoms with E-state index in [9.17, 15) is 4.79 Å². The maximum absolute atomic E-state index is 12.9. The number of benzene rings is 2. The highest BCUT2D eigenvalue weighted by molar-refractivity contribution is 6.35. The molecule has 0 bridgehead atoms. The predicted molar refractivity (Wildman–Crippen MR) is 117 cm³/mol. The van der Waals surface area contributed by atoms with Gasteiger partial charge in [0.2, 0.25) is 0 Å². The van der Waals surface area contributed by atoms with Crippen LogP contribution < -0.4 is 5.32 Å². The van der Waals surface area contributed by atoms with Crippen LogP contribution in [0.2, 0.25) is 15.1 Å². The van der Waals surface area contributed by atoms with Gasteiger partial charge in [-0.05, 0) is 30.7 Å². The summed E-state index contributed by atoms with van der Waals surface area (Å²) in [5.41, 5.74) is 2.70. The van der Waals surface area contributed by atoms with Crippen LogP contribution in [-0.2, 0) is 6.54 Å². The smallest absolute Gasteiger partial charge is 0.261 e. The maximum Gasteiger partial charge on any atom is 0.261 e. The molecule has 0 saturated heterocycles. The fourth-order valence-corrected chi connectivity index (χ4v) is 3.70. The lowest BCUT2D eigenvalue weighted by Gasteiger charge is -2.06. The van der Waals surface area contributed by atoms with Crippen molar-refractivity contribution in [3.63, 3.8) is 0 Å². The summed E-state index contributed by atoms with van der Waals surface area (Å²) in [5, 5.41) is 12.7. The Morgan fingerprint density at radius 3 is 2.70 bits per heavy atom. The van der Waals surface area contributed by atoms with Crippen LogP contribution in [-0.4, -0.2) is 20.8 Å². The van der Waals surface area contributed by atoms with Crippen molar-refractivity contribution in [3.8, 4) is 11.3 Å². The summed E-state index contributed by atoms with van der Waals surface area (Å²) in [5.74, 6) is 0.0236. The van der Waals surface area contributed by atoms with E-state index < -0.39 is 0 Å². The largest absolute Gasteiger partial charge is 0.360 e. The first-order valence-corrected chi connectivity index (χ1v) is 10.0. The van der Waals surface area contributed by atoms with Crippen LogP contribution in [0.4, 0.5) is 5.69 Å². The second-order valence-corrected chi connectivity index (χ2v) is 7.81. The average Bonchev–Trinajstić information content (AvgIpc) is 3.30. The lowest BCUT2D eigenvalue weighted by Crippen LogP contribution is -2.13. The third kappa shape index (κ3) is 4.21. The third-order valence-electron chi connectivity index (χ3n) is 4.46. The van der Waals surface area contributed by atoms with Crippen LogP contribution >= 0.6 is 34.8 Å². The highest BCUT2D eigenvalue weighted by Gasteiger charge is 2.23. The van der Waals surface area contributed by atoms with Gasteiger partial charge < -0.3 is 9.84 Å². The lowest BCUT2D eigenvalue weighted by molar-refractivity contribution is 0.102. The highest BCUT2D eigenvalue weighted by atomic mass is 35.5. The van der Waals surface area contributed by atoms with Gasteiger partial charge in [-0.1, -0.05) is 64.2 Å². The number of aromatic nitrogens is 3. The highest BCUT2D eigenvalue weighted by Crippen LogP contribution is 2.31. The van der Waals surface area contributed by atoms with E-state index in [-0.39, 0.29) is 5.91 Å². The van der Waals surface area contributed by atoms with E-state index in [0.717, 1.165) is 5.56 Å². The van der Waals surface area contributed by atoms with E-state index >= 15 is 0 Å². The first kappa shape index (κ1) is 20.5. The Balaban J connectivity index is 1.55. The second kappa shape index (κ2) is 8.52. The number of hydrogen-bond acceptors (Lipinski definition) is 4. The van der Waals surface area contributed by atoms with Gasteiger partial charge in [-0.25, -0.2) is 0 Å². The first-order valence-electron chi connectivity index (χ1n) is 8.91. The fraction of sp³-hybridized carbons (Fsp3) is 0.0952. The number of amides is 1. The minimum absolute atomic E-state index is 0.316. The van der Waals surface area contributed by atoms with Crippen molar-refractivity contribution < 1.29 is 9.32 Å². The van der Waals surface area contributed by atoms with Crippen molar-refractivity contribution in [3.05, 3.63) is 86.8 Å². The second-order valence-electron chi connectivity index (χ2n) is 6.56. The Morgan fingerprint density at radius 1 is 1.13 bits per heavy atom. The molecule has 0 radical (unpaired) electrons. The lowest BCUT2D eigenvalue weighted by atomic mass is 10.1. The van der Waals surface area contributed by atoms with E-state index in [2.05, 4.69) is 15.6 Å². The number of nitrogens with one attached hydrogen (secondary N) is 1. The molecule has 2 heterocycles. The Labute approximate surface area is 187 Å². The number of rotatable bonds is 5. The molecule has 0 atom stereocenters. The summed E-state index contributed by atoms with van der Waals surface area (Å²) in [4.78, 5) is 12.9. The zero-order valence-electron chi connectivity index (χ0n) is 15.7. The molecular formula is C21H15Cl3N4O2. The molecule has 1 N–H and O–H groups in total. The summed E-state index contributed by atoms with van der Waals surface area (Å²) in [7, 11) is 0. The van der Waals surface area contributed by atoms with Gasteiger partial charge in [-0.3, -0.25) is 9.48 Å². The number of anilines is 1. The third-order valence-corrected chi connectivity index (χ3v) is 5.37. The van der Waals surface area contributed by atoms with E-state index in [0.29, 0.717) is 49.9 Å². The molecular weight excluding hydrogens is 447 g/mol. The van der Waals surface area contributed by atoms with E-state index in [1.54, 1.807) is 54.3 Å². The van der Waals surface area contributed by atoms with E-state index in [1.807, 2.05) is 12.1 Å². The molecule has 4 aromatic rings. The van der Waals surface area contributed by atoms with Crippen LogP contribution in [0.3, 0.4) is 0 Å². The monoisotopic (exact) mass is 460 g/mol. The SMILES string of the molecule is Cc1onc(-c2ccccc2Cl)c1C(=O)Nc1cnn(Cc2ccc(Cl)cc2Cl)c1. The van der Waals surface area contributed by atoms with Crippen molar-refractivity contribution in [1.29, 1.82) is 0 Å². The summed E-state index contributed by atoms with van der Waals surface area (Å²) in [6, 6.07) is 12.4. The zero-order chi connectivity index (χ0) is 21.3. The van der Waals surface area contributed by atoms with Gasteiger partial charge in [0.1, 0.15) is 17.0 Å². The van der Waals surface area contributed by atoms with Gasteiger partial charge in [0.05, 0.1) is 23.5 Å². The molecule has 6 nitrogen and oxygen atoms in total. The van der Waals surface area contributed by atoms with Crippen molar-refractivity contribution in [2.75, 3.05) is 5.32 Å². The quantitative estimate of drug-likeness (QED) is 0.389. The molecule has 0 saturated carbocycles. The van der Waals surface area contributed by atoms with Gasteiger partial charge in [-0.15, -0.1) is 0 Å². The summed E-state index contributed by atoms with van der Waals surface area (Å²) >= 11 is 18.4. The van der Waals surface area contributed by atoms with Crippen molar-refractivity contribution in [2.24, 2.45) is 0 Å². The molecule has 9 heteroatoms. The molecule has 2 aromatic heterocycles. The molecule has 0 fully saturated rings. The molecule has 2 aromatic carbocycles. The molecule has 0 spiro atoms. The summed E-state index contributed by atoms with van der Waals surface area (Å²) < 4.78 is 6.92. The molecule has 1 amide bonds. The predicted octanol–water partition coefficient (Wildman–Crippen LogP) is 6.11. The van der Waals surface area contributed by atoms with Gasteiger partial charge in [0, 0.05) is 21.8 Å². The Bertz CT molecular complexity index is 1230. The van der Waals surface area contributed by atoms with Crippen LogP contribution in [0.15, 0.2) is 59.4 Å². The van der Waals surface area contributed by atoms with E-state index in [4.69, 9.17) is 39.3 Å². The number of halogens is 3. The number of hydrogen-bond donors (Lipinski definition) is 1. The normalized spacial score (nSPS) is 10.9. The van der Waals surface area contributed by atoms with Gasteiger partial charge in [-0.2, -0.15) is 5.10 Å². The average molecular weight is 462 g/mol. The fourth-order valence-electron chi connectivity index (χ4n) is 3.01. The van der Waals surface area contributed by atoms with Gasteiger partial charge in [0.15, 0.2) is 0 Å². The number of aryl methyl sites for hydroxylation is 1. The molecule has 30 heavy (non-hydrogen) atoms. The van der Waals surface area contributed by atoms with Gasteiger partial charge in [0.25, 0.3) is 5.91 Å². The van der Waals surface area contributed by atoms with Crippen LogP contribution in [0.1, 0.15) is 21.7 Å². The number of nitrogens with zero attached hydrogens (tertiary/aromatic N) is 3. The van der Waals surface area contributed by atoms with Crippen molar-refractivity contribution >= 4 is 46.4 Å². The van der Waals surface area contributed by atoms with E-state index in [1.165, 1.54) is 0 Å². The number of carbonyl (C=O) groups is 1. The summed E-state index contributed by atoms with van der Waals surface area (Å²) in [6.45, 7) is 2.11. The van der Waals surface area contributed by atoms with Gasteiger partial charge >= 0.3 is 0 Å². The minimum atomic E-state index is -0.368. The van der Waals surface area contributed by atoms with Crippen molar-refractivity contribution in [1.82, 2.24) is 14.9 Å². The molecule has 0 aliphatic rings. The molecule has 0 unspecified atom stereocenters. The first-order chi connectivity index (χ1) is 14.4. The molecule has 0 aliphatic heterocycles. The molecule has 152 valence electrons. The standard InChI is InChI=1S/C21H15Cl3N4O2/c1-12-19(20(27-30-12)16-4-2-3-5-17(16)23)21(29)26-15-9-25-28(11-15)10-13-6-7-14(22)8-18(13)24/h2-9,11H,10H2,1H3,(H,26,29). The van der Waals surface area contributed by atoms with Crippen LogP contribution in [0.25, 0.3) is 11.3 Å². The number of carbonyl (C=O) groups excluding carboxylic acids is 1. The Morgan fingerprint density at radius 2 is 1.93 bits per heavy atom. The maximum atomic E-state index is 12.9.